The highest BCUT2D eigenvalue weighted by molar-refractivity contribution is 5.85. The molecular weight excluding hydrogens is 248 g/mol. The largest absolute Gasteiger partial charge is 0.497 e. The second-order valence-corrected chi connectivity index (χ2v) is 4.68. The average Bonchev–Trinajstić information content (AvgIpc) is 2.82. The van der Waals surface area contributed by atoms with Gasteiger partial charge in [0.15, 0.2) is 0 Å². The van der Waals surface area contributed by atoms with E-state index in [9.17, 15) is 0 Å². The summed E-state index contributed by atoms with van der Waals surface area (Å²) < 4.78 is 5.25. The molecule has 0 atom stereocenters. The second-order valence-electron chi connectivity index (χ2n) is 4.68. The number of hydrogen-bond acceptors (Lipinski definition) is 2. The van der Waals surface area contributed by atoms with E-state index in [0.29, 0.717) is 5.92 Å². The van der Waals surface area contributed by atoms with E-state index >= 15 is 0 Å². The Labute approximate surface area is 113 Å². The summed E-state index contributed by atoms with van der Waals surface area (Å²) in [7, 11) is 1.71. The highest BCUT2D eigenvalue weighted by atomic mass is 35.5. The summed E-state index contributed by atoms with van der Waals surface area (Å²) in [5.74, 6) is 1.61. The fourth-order valence-electron chi connectivity index (χ4n) is 2.73. The summed E-state index contributed by atoms with van der Waals surface area (Å²) in [6, 6.07) is 6.28. The van der Waals surface area contributed by atoms with Crippen molar-refractivity contribution in [2.75, 3.05) is 20.2 Å². The van der Waals surface area contributed by atoms with Gasteiger partial charge in [-0.05, 0) is 49.5 Å². The van der Waals surface area contributed by atoms with Crippen LogP contribution in [0.15, 0.2) is 24.4 Å². The minimum Gasteiger partial charge on any atom is -0.497 e. The third kappa shape index (κ3) is 2.33. The van der Waals surface area contributed by atoms with Crippen LogP contribution in [0.3, 0.4) is 0 Å². The van der Waals surface area contributed by atoms with Gasteiger partial charge in [0, 0.05) is 23.2 Å². The molecule has 0 amide bonds. The molecule has 0 saturated carbocycles. The molecule has 2 heterocycles. The molecule has 0 bridgehead atoms. The minimum absolute atomic E-state index is 0. The lowest BCUT2D eigenvalue weighted by Gasteiger charge is -2.22. The second kappa shape index (κ2) is 5.63. The predicted octanol–water partition coefficient (Wildman–Crippen LogP) is 3.07. The van der Waals surface area contributed by atoms with Crippen LogP contribution in [0.5, 0.6) is 5.75 Å². The Morgan fingerprint density at radius 2 is 2.00 bits per heavy atom. The maximum Gasteiger partial charge on any atom is 0.120 e. The molecule has 98 valence electrons. The monoisotopic (exact) mass is 266 g/mol. The molecule has 1 saturated heterocycles. The number of halogens is 1. The zero-order valence-electron chi connectivity index (χ0n) is 10.5. The Kier molecular flexibility index (Phi) is 4.15. The molecule has 4 heteroatoms. The number of hydrogen-bond donors (Lipinski definition) is 2. The lowest BCUT2D eigenvalue weighted by Crippen LogP contribution is -2.26. The number of H-pyrrole nitrogens is 1. The quantitative estimate of drug-likeness (QED) is 0.877. The molecule has 1 aliphatic rings. The standard InChI is InChI=1S/C14H18N2O.ClH/c1-17-11-2-3-12-13(9-16-14(12)8-11)10-4-6-15-7-5-10;/h2-3,8-10,15-16H,4-7H2,1H3;1H. The molecule has 1 aromatic heterocycles. The van der Waals surface area contributed by atoms with Crippen molar-refractivity contribution in [3.63, 3.8) is 0 Å². The van der Waals surface area contributed by atoms with Gasteiger partial charge in [0.1, 0.15) is 5.75 Å². The van der Waals surface area contributed by atoms with Crippen molar-refractivity contribution >= 4 is 23.3 Å². The first kappa shape index (κ1) is 13.2. The van der Waals surface area contributed by atoms with Gasteiger partial charge in [0.2, 0.25) is 0 Å². The van der Waals surface area contributed by atoms with E-state index in [1.165, 1.54) is 29.3 Å². The topological polar surface area (TPSA) is 37.0 Å². The van der Waals surface area contributed by atoms with Gasteiger partial charge in [-0.15, -0.1) is 12.4 Å². The van der Waals surface area contributed by atoms with Crippen molar-refractivity contribution in [2.45, 2.75) is 18.8 Å². The maximum atomic E-state index is 5.25. The van der Waals surface area contributed by atoms with Crippen molar-refractivity contribution in [2.24, 2.45) is 0 Å². The van der Waals surface area contributed by atoms with Crippen molar-refractivity contribution in [1.29, 1.82) is 0 Å². The number of aromatic amines is 1. The van der Waals surface area contributed by atoms with Gasteiger partial charge in [0.25, 0.3) is 0 Å². The van der Waals surface area contributed by atoms with Crippen LogP contribution < -0.4 is 10.1 Å². The molecular formula is C14H19ClN2O. The highest BCUT2D eigenvalue weighted by Crippen LogP contribution is 2.32. The fraction of sp³-hybridized carbons (Fsp3) is 0.429. The van der Waals surface area contributed by atoms with E-state index in [1.54, 1.807) is 7.11 Å². The van der Waals surface area contributed by atoms with Gasteiger partial charge < -0.3 is 15.0 Å². The molecule has 1 aliphatic heterocycles. The summed E-state index contributed by atoms with van der Waals surface area (Å²) in [5.41, 5.74) is 2.64. The zero-order valence-corrected chi connectivity index (χ0v) is 11.3. The summed E-state index contributed by atoms with van der Waals surface area (Å²) >= 11 is 0. The van der Waals surface area contributed by atoms with Gasteiger partial charge in [-0.1, -0.05) is 0 Å². The van der Waals surface area contributed by atoms with Crippen molar-refractivity contribution < 1.29 is 4.74 Å². The molecule has 3 rings (SSSR count). The molecule has 3 nitrogen and oxygen atoms in total. The number of aromatic nitrogens is 1. The van der Waals surface area contributed by atoms with E-state index in [-0.39, 0.29) is 12.4 Å². The van der Waals surface area contributed by atoms with Gasteiger partial charge in [-0.2, -0.15) is 0 Å². The molecule has 1 fully saturated rings. The Morgan fingerprint density at radius 1 is 1.22 bits per heavy atom. The number of methoxy groups -OCH3 is 1. The van der Waals surface area contributed by atoms with Crippen molar-refractivity contribution in [1.82, 2.24) is 10.3 Å². The fourth-order valence-corrected chi connectivity index (χ4v) is 2.73. The van der Waals surface area contributed by atoms with Crippen LogP contribution >= 0.6 is 12.4 Å². The summed E-state index contributed by atoms with van der Waals surface area (Å²) in [6.07, 6.45) is 4.64. The van der Waals surface area contributed by atoms with Gasteiger partial charge in [0.05, 0.1) is 7.11 Å². The molecule has 0 unspecified atom stereocenters. The lowest BCUT2D eigenvalue weighted by atomic mass is 9.90. The Morgan fingerprint density at radius 3 is 2.72 bits per heavy atom. The van der Waals surface area contributed by atoms with Crippen LogP contribution in [0.25, 0.3) is 10.9 Å². The van der Waals surface area contributed by atoms with Gasteiger partial charge in [-0.3, -0.25) is 0 Å². The van der Waals surface area contributed by atoms with Crippen LogP contribution in [-0.2, 0) is 0 Å². The van der Waals surface area contributed by atoms with Crippen LogP contribution in [-0.4, -0.2) is 25.2 Å². The van der Waals surface area contributed by atoms with Crippen molar-refractivity contribution in [3.8, 4) is 5.75 Å². The number of fused-ring (bicyclic) bond motifs is 1. The molecule has 18 heavy (non-hydrogen) atoms. The number of nitrogens with one attached hydrogen (secondary N) is 2. The van der Waals surface area contributed by atoms with E-state index < -0.39 is 0 Å². The van der Waals surface area contributed by atoms with E-state index in [0.717, 1.165) is 18.8 Å². The Balaban J connectivity index is 0.00000120. The van der Waals surface area contributed by atoms with Crippen LogP contribution in [0.4, 0.5) is 0 Å². The number of piperidine rings is 1. The Hall–Kier alpha value is -1.19. The summed E-state index contributed by atoms with van der Waals surface area (Å²) in [5, 5.41) is 4.76. The first-order valence-corrected chi connectivity index (χ1v) is 6.24. The first-order valence-electron chi connectivity index (χ1n) is 6.24. The minimum atomic E-state index is 0. The van der Waals surface area contributed by atoms with Crippen LogP contribution in [0.2, 0.25) is 0 Å². The van der Waals surface area contributed by atoms with E-state index in [4.69, 9.17) is 4.74 Å². The number of rotatable bonds is 2. The third-order valence-electron chi connectivity index (χ3n) is 3.70. The maximum absolute atomic E-state index is 5.25. The van der Waals surface area contributed by atoms with Gasteiger partial charge in [-0.25, -0.2) is 0 Å². The Bertz CT molecular complexity index is 517. The highest BCUT2D eigenvalue weighted by Gasteiger charge is 2.18. The van der Waals surface area contributed by atoms with Crippen LogP contribution in [0.1, 0.15) is 24.3 Å². The number of ether oxygens (including phenoxy) is 1. The average molecular weight is 267 g/mol. The normalized spacial score (nSPS) is 16.5. The van der Waals surface area contributed by atoms with Crippen LogP contribution in [0, 0.1) is 0 Å². The predicted molar refractivity (Wildman–Crippen MR) is 76.9 cm³/mol. The number of benzene rings is 1. The van der Waals surface area contributed by atoms with Gasteiger partial charge >= 0.3 is 0 Å². The smallest absolute Gasteiger partial charge is 0.120 e. The zero-order chi connectivity index (χ0) is 11.7. The lowest BCUT2D eigenvalue weighted by molar-refractivity contribution is 0.415. The molecule has 2 N–H and O–H groups in total. The molecule has 2 aromatic rings. The molecule has 0 aliphatic carbocycles. The SMILES string of the molecule is COc1ccc2c(C3CCNCC3)c[nH]c2c1.Cl. The van der Waals surface area contributed by atoms with Crippen molar-refractivity contribution in [3.05, 3.63) is 30.0 Å². The third-order valence-corrected chi connectivity index (χ3v) is 3.70. The molecule has 1 aromatic carbocycles. The summed E-state index contributed by atoms with van der Waals surface area (Å²) in [4.78, 5) is 3.36. The molecule has 0 radical (unpaired) electrons. The first-order chi connectivity index (χ1) is 8.38. The summed E-state index contributed by atoms with van der Waals surface area (Å²) in [6.45, 7) is 2.26. The molecule has 0 spiro atoms. The van der Waals surface area contributed by atoms with E-state index in [1.807, 2.05) is 6.07 Å². The van der Waals surface area contributed by atoms with E-state index in [2.05, 4.69) is 28.6 Å².